The molecule has 2 radical (unpaired) electrons. The number of hydrogen-bond donors (Lipinski definition) is 2. The number of nitrogens with zero attached hydrogens (tertiary/aromatic N) is 1. The van der Waals surface area contributed by atoms with E-state index in [2.05, 4.69) is 33.4 Å². The highest BCUT2D eigenvalue weighted by atomic mass is 16.5. The first-order valence-electron chi connectivity index (χ1n) is 11.3. The first kappa shape index (κ1) is 30.4. The molecule has 0 aliphatic heterocycles. The summed E-state index contributed by atoms with van der Waals surface area (Å²) in [6.45, 7) is 11.1. The van der Waals surface area contributed by atoms with Gasteiger partial charge in [-0.2, -0.15) is 0 Å². The van der Waals surface area contributed by atoms with Crippen molar-refractivity contribution in [3.05, 3.63) is 55.1 Å². The molecular formula is C25H34BN3O7. The fourth-order valence-corrected chi connectivity index (χ4v) is 3.05. The molecular weight excluding hydrogens is 465 g/mol. The van der Waals surface area contributed by atoms with E-state index in [1.54, 1.807) is 44.2 Å². The summed E-state index contributed by atoms with van der Waals surface area (Å²) in [4.78, 5) is 42.2. The van der Waals surface area contributed by atoms with Crippen LogP contribution in [0.2, 0.25) is 0 Å². The van der Waals surface area contributed by atoms with Gasteiger partial charge in [0.2, 0.25) is 11.8 Å². The fraction of sp³-hybridized carbons (Fsp3) is 0.440. The van der Waals surface area contributed by atoms with Crippen molar-refractivity contribution in [3.8, 4) is 5.75 Å². The van der Waals surface area contributed by atoms with Crippen molar-refractivity contribution in [2.75, 3.05) is 26.9 Å². The monoisotopic (exact) mass is 499 g/mol. The van der Waals surface area contributed by atoms with Gasteiger partial charge in [-0.1, -0.05) is 44.7 Å². The van der Waals surface area contributed by atoms with E-state index < -0.39 is 35.9 Å². The lowest BCUT2D eigenvalue weighted by Gasteiger charge is -2.25. The number of hydrogen-bond acceptors (Lipinski definition) is 8. The van der Waals surface area contributed by atoms with E-state index in [1.807, 2.05) is 0 Å². The minimum Gasteiger partial charge on any atom is -0.560 e. The molecule has 0 saturated heterocycles. The van der Waals surface area contributed by atoms with Crippen LogP contribution in [0.5, 0.6) is 5.75 Å². The number of aliphatic imine (C=N–C) groups is 1. The third kappa shape index (κ3) is 10.8. The molecule has 0 fully saturated rings. The Kier molecular flexibility index (Phi) is 14.3. The molecule has 2 N–H and O–H groups in total. The van der Waals surface area contributed by atoms with Crippen LogP contribution in [0.25, 0.3) is 0 Å². The molecule has 36 heavy (non-hydrogen) atoms. The molecule has 0 aliphatic carbocycles. The van der Waals surface area contributed by atoms with E-state index in [-0.39, 0.29) is 25.6 Å². The maximum absolute atomic E-state index is 13.1. The quantitative estimate of drug-likeness (QED) is 0.0827. The normalized spacial score (nSPS) is 13.3. The van der Waals surface area contributed by atoms with Crippen LogP contribution in [-0.4, -0.2) is 77.3 Å². The summed E-state index contributed by atoms with van der Waals surface area (Å²) in [5.74, 6) is -1.43. The predicted molar refractivity (Wildman–Crippen MR) is 137 cm³/mol. The van der Waals surface area contributed by atoms with Crippen LogP contribution in [0, 0.1) is 5.92 Å². The standard InChI is InChI=1S/C25H34BN3O7/c1-6-12-34-15-21(25(32)33-5)28-24(31)22(17(3)4)29-23(30)20(27-16-36-26)14-18-8-10-19(11-9-18)35-13-7-2/h6-11,16-17,20-22H,1-2,12-15H2,3-5H3,(H,28,31)(H,29,30)/t20-,21-,22-/m0/s1. The van der Waals surface area contributed by atoms with Crippen molar-refractivity contribution < 1.29 is 33.2 Å². The van der Waals surface area contributed by atoms with E-state index in [9.17, 15) is 14.4 Å². The molecule has 11 heteroatoms. The molecule has 1 rings (SSSR count). The van der Waals surface area contributed by atoms with Crippen LogP contribution in [-0.2, 0) is 34.9 Å². The van der Waals surface area contributed by atoms with E-state index in [0.717, 1.165) is 12.0 Å². The van der Waals surface area contributed by atoms with Crippen molar-refractivity contribution in [1.29, 1.82) is 0 Å². The van der Waals surface area contributed by atoms with Gasteiger partial charge in [0.25, 0.3) is 0 Å². The molecule has 3 atom stereocenters. The molecule has 10 nitrogen and oxygen atoms in total. The Morgan fingerprint density at radius 3 is 2.28 bits per heavy atom. The lowest BCUT2D eigenvalue weighted by Crippen LogP contribution is -2.56. The van der Waals surface area contributed by atoms with E-state index in [1.165, 1.54) is 13.2 Å². The maximum atomic E-state index is 13.1. The average Bonchev–Trinajstić information content (AvgIpc) is 2.87. The Morgan fingerprint density at radius 1 is 1.06 bits per heavy atom. The van der Waals surface area contributed by atoms with Crippen molar-refractivity contribution in [1.82, 2.24) is 10.6 Å². The number of carbonyl (C=O) groups excluding carboxylic acids is 3. The third-order valence-electron chi connectivity index (χ3n) is 4.89. The first-order valence-corrected chi connectivity index (χ1v) is 11.3. The zero-order valence-corrected chi connectivity index (χ0v) is 21.0. The van der Waals surface area contributed by atoms with Crippen LogP contribution in [0.15, 0.2) is 54.6 Å². The van der Waals surface area contributed by atoms with Crippen molar-refractivity contribution in [3.63, 3.8) is 0 Å². The number of benzene rings is 1. The van der Waals surface area contributed by atoms with Gasteiger partial charge in [0.15, 0.2) is 12.4 Å². The smallest absolute Gasteiger partial charge is 0.375 e. The van der Waals surface area contributed by atoms with Gasteiger partial charge in [0.05, 0.1) is 20.3 Å². The van der Waals surface area contributed by atoms with E-state index >= 15 is 0 Å². The maximum Gasteiger partial charge on any atom is 0.375 e. The topological polar surface area (TPSA) is 125 Å². The fourth-order valence-electron chi connectivity index (χ4n) is 3.05. The molecule has 0 heterocycles. The summed E-state index contributed by atoms with van der Waals surface area (Å²) in [6.07, 6.45) is 4.32. The van der Waals surface area contributed by atoms with E-state index in [0.29, 0.717) is 12.4 Å². The Balaban J connectivity index is 2.96. The highest BCUT2D eigenvalue weighted by molar-refractivity contribution is 6.02. The molecule has 0 bridgehead atoms. The first-order chi connectivity index (χ1) is 17.3. The van der Waals surface area contributed by atoms with Gasteiger partial charge in [-0.3, -0.25) is 9.59 Å². The Bertz CT molecular complexity index is 890. The molecule has 2 amide bonds. The van der Waals surface area contributed by atoms with Gasteiger partial charge < -0.3 is 29.5 Å². The van der Waals surface area contributed by atoms with Gasteiger partial charge in [0.1, 0.15) is 24.4 Å². The van der Waals surface area contributed by atoms with Gasteiger partial charge >= 0.3 is 14.0 Å². The SMILES string of the molecule is [B]OC=N[C@@H](Cc1ccc(OCC=C)cc1)C(=O)N[C@H](C(=O)N[C@@H](COCC=C)C(=O)OC)C(C)C. The summed E-state index contributed by atoms with van der Waals surface area (Å²) in [5.41, 5.74) is 0.797. The second kappa shape index (κ2) is 16.9. The molecule has 0 saturated carbocycles. The highest BCUT2D eigenvalue weighted by Crippen LogP contribution is 2.15. The molecule has 1 aromatic carbocycles. The molecule has 0 unspecified atom stereocenters. The minimum absolute atomic E-state index is 0.115. The Hall–Kier alpha value is -3.60. The predicted octanol–water partition coefficient (Wildman–Crippen LogP) is 1.29. The number of ether oxygens (including phenoxy) is 3. The molecule has 1 aromatic rings. The minimum atomic E-state index is -1.05. The largest absolute Gasteiger partial charge is 0.560 e. The second-order valence-electron chi connectivity index (χ2n) is 7.99. The van der Waals surface area contributed by atoms with Gasteiger partial charge in [-0.25, -0.2) is 9.79 Å². The molecule has 194 valence electrons. The van der Waals surface area contributed by atoms with Crippen LogP contribution in [0.4, 0.5) is 0 Å². The van der Waals surface area contributed by atoms with Crippen molar-refractivity contribution in [2.24, 2.45) is 10.9 Å². The number of methoxy groups -OCH3 is 1. The second-order valence-corrected chi connectivity index (χ2v) is 7.99. The van der Waals surface area contributed by atoms with Gasteiger partial charge in [-0.15, -0.1) is 6.58 Å². The third-order valence-corrected chi connectivity index (χ3v) is 4.89. The molecule has 0 aromatic heterocycles. The zero-order chi connectivity index (χ0) is 26.9. The summed E-state index contributed by atoms with van der Waals surface area (Å²) in [6, 6.07) is 4.18. The summed E-state index contributed by atoms with van der Waals surface area (Å²) in [5, 5.41) is 5.29. The van der Waals surface area contributed by atoms with Crippen molar-refractivity contribution >= 4 is 32.2 Å². The number of amides is 2. The van der Waals surface area contributed by atoms with Crippen LogP contribution in [0.1, 0.15) is 19.4 Å². The van der Waals surface area contributed by atoms with Crippen LogP contribution < -0.4 is 15.4 Å². The molecule has 0 spiro atoms. The lowest BCUT2D eigenvalue weighted by atomic mass is 10.0. The average molecular weight is 499 g/mol. The van der Waals surface area contributed by atoms with Crippen molar-refractivity contribution in [2.45, 2.75) is 38.4 Å². The van der Waals surface area contributed by atoms with Gasteiger partial charge in [0, 0.05) is 6.42 Å². The summed E-state index contributed by atoms with van der Waals surface area (Å²) >= 11 is 0. The number of rotatable bonds is 17. The van der Waals surface area contributed by atoms with Gasteiger partial charge in [-0.05, 0) is 23.6 Å². The Labute approximate surface area is 213 Å². The van der Waals surface area contributed by atoms with Crippen LogP contribution in [0.3, 0.4) is 0 Å². The number of carbonyl (C=O) groups is 3. The zero-order valence-electron chi connectivity index (χ0n) is 21.0. The van der Waals surface area contributed by atoms with Crippen LogP contribution >= 0.6 is 0 Å². The lowest BCUT2D eigenvalue weighted by molar-refractivity contribution is -0.147. The number of nitrogens with one attached hydrogen (secondary N) is 2. The molecule has 0 aliphatic rings. The highest BCUT2D eigenvalue weighted by Gasteiger charge is 2.31. The van der Waals surface area contributed by atoms with E-state index in [4.69, 9.17) is 22.3 Å². The summed E-state index contributed by atoms with van der Waals surface area (Å²) < 4.78 is 19.9. The summed E-state index contributed by atoms with van der Waals surface area (Å²) in [7, 11) is 6.25. The Morgan fingerprint density at radius 2 is 1.72 bits per heavy atom. The number of esters is 1.